The molecule has 4 bridgehead atoms. The Morgan fingerprint density at radius 1 is 0.554 bits per heavy atom. The Morgan fingerprint density at radius 3 is 1.32 bits per heavy atom. The Kier molecular flexibility index (Phi) is 14.0. The van der Waals surface area contributed by atoms with Gasteiger partial charge < -0.3 is 29.1 Å². The van der Waals surface area contributed by atoms with Crippen LogP contribution in [0.5, 0.6) is 0 Å². The summed E-state index contributed by atoms with van der Waals surface area (Å²) in [7, 11) is 0. The molecule has 2 N–H and O–H groups in total. The molecular weight excluding hydrogens is 929 g/mol. The van der Waals surface area contributed by atoms with Crippen molar-refractivity contribution in [3.8, 4) is 0 Å². The van der Waals surface area contributed by atoms with E-state index in [4.69, 9.17) is 0 Å². The molecule has 74 heavy (non-hydrogen) atoms. The third-order valence-electron chi connectivity index (χ3n) is 16.8. The van der Waals surface area contributed by atoms with E-state index < -0.39 is 11.8 Å². The van der Waals surface area contributed by atoms with Gasteiger partial charge in [0.2, 0.25) is 11.8 Å². The molecule has 2 amide bonds. The molecule has 6 aliphatic rings. The number of aromatic nitrogens is 4. The van der Waals surface area contributed by atoms with E-state index >= 15 is 0 Å². The van der Waals surface area contributed by atoms with Crippen molar-refractivity contribution in [2.45, 2.75) is 90.1 Å². The van der Waals surface area contributed by atoms with Gasteiger partial charge in [0, 0.05) is 137 Å². The van der Waals surface area contributed by atoms with Gasteiger partial charge in [-0.15, -0.1) is 0 Å². The van der Waals surface area contributed by atoms with Gasteiger partial charge in [0.25, 0.3) is 11.1 Å². The highest BCUT2D eigenvalue weighted by Gasteiger charge is 2.58. The number of hydrogen-bond acceptors (Lipinski definition) is 10. The van der Waals surface area contributed by atoms with Crippen LogP contribution in [0, 0.1) is 23.7 Å². The van der Waals surface area contributed by atoms with Gasteiger partial charge in [0.05, 0.1) is 23.9 Å². The number of aliphatic hydroxyl groups excluding tert-OH is 2. The van der Waals surface area contributed by atoms with E-state index in [1.807, 2.05) is 130 Å². The maximum Gasteiger partial charge on any atom is 0.258 e. The summed E-state index contributed by atoms with van der Waals surface area (Å²) in [5.74, 6) is -1.24. The molecule has 0 spiro atoms. The molecule has 2 saturated heterocycles. The van der Waals surface area contributed by atoms with Gasteiger partial charge in [-0.3, -0.25) is 38.9 Å². The summed E-state index contributed by atoms with van der Waals surface area (Å²) in [6, 6.07) is 31.5. The van der Waals surface area contributed by atoms with Crippen LogP contribution in [-0.2, 0) is 61.7 Å². The summed E-state index contributed by atoms with van der Waals surface area (Å²) < 4.78 is 3.68. The third-order valence-corrected chi connectivity index (χ3v) is 16.8. The minimum Gasteiger partial charge on any atom is -0.396 e. The van der Waals surface area contributed by atoms with Crippen LogP contribution < -0.4 is 11.1 Å². The number of allylic oxidation sites excluding steroid dienone is 2. The molecule has 0 unspecified atom stereocenters. The first kappa shape index (κ1) is 49.1. The summed E-state index contributed by atoms with van der Waals surface area (Å²) in [4.78, 5) is 72.3. The van der Waals surface area contributed by atoms with Crippen LogP contribution in [0.15, 0.2) is 144 Å². The predicted octanol–water partition coefficient (Wildman–Crippen LogP) is 6.05. The van der Waals surface area contributed by atoms with Crippen LogP contribution in [0.2, 0.25) is 0 Å². The summed E-state index contributed by atoms with van der Waals surface area (Å²) in [6.45, 7) is 8.28. The zero-order chi connectivity index (χ0) is 51.0. The van der Waals surface area contributed by atoms with E-state index in [-0.39, 0.29) is 72.1 Å². The topological polar surface area (TPSA) is 157 Å². The highest BCUT2D eigenvalue weighted by atomic mass is 16.3. The minimum absolute atomic E-state index is 0.0363. The van der Waals surface area contributed by atoms with Gasteiger partial charge >= 0.3 is 0 Å². The van der Waals surface area contributed by atoms with Crippen molar-refractivity contribution < 1.29 is 19.8 Å². The molecule has 0 radical (unpaired) electrons. The van der Waals surface area contributed by atoms with Gasteiger partial charge in [-0.05, 0) is 109 Å². The number of fused-ring (bicyclic) bond motifs is 10. The van der Waals surface area contributed by atoms with E-state index in [2.05, 4.69) is 44.0 Å². The Labute approximate surface area is 431 Å². The minimum atomic E-state index is -0.428. The molecule has 8 atom stereocenters. The maximum absolute atomic E-state index is 14.3. The van der Waals surface area contributed by atoms with E-state index in [9.17, 15) is 29.4 Å². The highest BCUT2D eigenvalue weighted by Crippen LogP contribution is 2.51. The van der Waals surface area contributed by atoms with Gasteiger partial charge in [0.15, 0.2) is 0 Å². The van der Waals surface area contributed by atoms with Gasteiger partial charge in [0.1, 0.15) is 0 Å². The third kappa shape index (κ3) is 8.86. The molecule has 12 rings (SSSR count). The summed E-state index contributed by atoms with van der Waals surface area (Å²) >= 11 is 0. The summed E-state index contributed by atoms with van der Waals surface area (Å²) in [6.07, 6.45) is 16.2. The number of amides is 2. The second kappa shape index (κ2) is 21.0. The van der Waals surface area contributed by atoms with Crippen molar-refractivity contribution in [3.63, 3.8) is 0 Å². The first-order valence-corrected chi connectivity index (χ1v) is 26.2. The Morgan fingerprint density at radius 2 is 0.946 bits per heavy atom. The number of pyridine rings is 4. The lowest BCUT2D eigenvalue weighted by molar-refractivity contribution is -0.140. The molecule has 14 heteroatoms. The zero-order valence-electron chi connectivity index (χ0n) is 42.1. The standard InChI is InChI=1S/2C30H32N4O3/c2*1-2-5-22-8-9-25-28-27(30(37)32-15-12-21-6-3-4-7-23(21)17-32)24(19-35)26(18-34(25)29(22)36)33(28)16-20-10-13-31-14-11-20/h2*2-11,13-14,24,26-28,35H,12,15-19H2,1H3/b5-2+;5-2-/t2*24-,26-,27+,28+/m11/s1. The van der Waals surface area contributed by atoms with E-state index in [1.165, 1.54) is 22.3 Å². The molecule has 14 nitrogen and oxygen atoms in total. The lowest BCUT2D eigenvalue weighted by Gasteiger charge is -2.39. The number of hydrogen-bond donors (Lipinski definition) is 2. The smallest absolute Gasteiger partial charge is 0.258 e. The lowest BCUT2D eigenvalue weighted by atomic mass is 9.85. The maximum atomic E-state index is 14.3. The fourth-order valence-corrected chi connectivity index (χ4v) is 13.3. The number of carbonyl (C=O) groups excluding carboxylic acids is 2. The van der Waals surface area contributed by atoms with E-state index in [0.29, 0.717) is 63.5 Å². The number of aliphatic hydroxyl groups is 2. The number of nitrogens with zero attached hydrogens (tertiary/aromatic N) is 8. The predicted molar refractivity (Wildman–Crippen MR) is 283 cm³/mol. The van der Waals surface area contributed by atoms with Crippen LogP contribution in [0.3, 0.4) is 0 Å². The second-order valence-electron chi connectivity index (χ2n) is 20.6. The first-order chi connectivity index (χ1) is 36.2. The van der Waals surface area contributed by atoms with Gasteiger partial charge in [-0.2, -0.15) is 0 Å². The van der Waals surface area contributed by atoms with Crippen LogP contribution in [0.4, 0.5) is 0 Å². The monoisotopic (exact) mass is 992 g/mol. The van der Waals surface area contributed by atoms with Gasteiger partial charge in [-0.25, -0.2) is 0 Å². The molecule has 4 aromatic heterocycles. The van der Waals surface area contributed by atoms with Crippen LogP contribution in [0.1, 0.15) is 81.8 Å². The fraction of sp³-hybridized carbons (Fsp3) is 0.367. The molecular formula is C60H64N8O6. The quantitative estimate of drug-likeness (QED) is 0.166. The Hall–Kier alpha value is -7.10. The van der Waals surface area contributed by atoms with Crippen molar-refractivity contribution in [3.05, 3.63) is 211 Å². The number of rotatable bonds is 10. The average molecular weight is 993 g/mol. The largest absolute Gasteiger partial charge is 0.396 e. The molecule has 0 aliphatic carbocycles. The number of benzene rings is 2. The Bertz CT molecular complexity index is 3010. The van der Waals surface area contributed by atoms with Crippen LogP contribution >= 0.6 is 0 Å². The van der Waals surface area contributed by atoms with Crippen molar-refractivity contribution >= 4 is 24.0 Å². The fourth-order valence-electron chi connectivity index (χ4n) is 13.3. The number of carbonyl (C=O) groups is 2. The van der Waals surface area contributed by atoms with Crippen LogP contribution in [-0.4, -0.2) is 99.1 Å². The normalized spacial score (nSPS) is 24.8. The van der Waals surface area contributed by atoms with E-state index in [0.717, 1.165) is 35.4 Å². The van der Waals surface area contributed by atoms with Crippen molar-refractivity contribution in [1.29, 1.82) is 0 Å². The van der Waals surface area contributed by atoms with Crippen molar-refractivity contribution in [2.24, 2.45) is 23.7 Å². The molecule has 6 aliphatic heterocycles. The molecule has 0 saturated carbocycles. The molecule has 2 fully saturated rings. The van der Waals surface area contributed by atoms with Gasteiger partial charge in [-0.1, -0.05) is 72.8 Å². The summed E-state index contributed by atoms with van der Waals surface area (Å²) in [5.41, 5.74) is 10.1. The molecule has 380 valence electrons. The average Bonchev–Trinajstić information content (AvgIpc) is 3.77. The van der Waals surface area contributed by atoms with E-state index in [1.54, 1.807) is 24.8 Å². The first-order valence-electron chi connectivity index (χ1n) is 26.2. The molecule has 2 aromatic carbocycles. The SMILES string of the molecule is C/C=C/c1ccc2n(c1=O)C[C@@H]1[C@@H](CO)[C@H](C(=O)N3CCc4ccccc4C3)[C@H]2N1Cc1ccncc1.C/C=C\c1ccc2n(c1=O)C[C@@H]1[C@@H](CO)[C@H](C(=O)N3CCc4ccccc4C3)[C@H]2N1Cc1ccncc1. The molecule has 10 heterocycles. The Balaban J connectivity index is 0.000000159. The van der Waals surface area contributed by atoms with Crippen molar-refractivity contribution in [1.82, 2.24) is 38.7 Å². The second-order valence-corrected chi connectivity index (χ2v) is 20.6. The molecule has 6 aromatic rings. The summed E-state index contributed by atoms with van der Waals surface area (Å²) in [5, 5.41) is 21.3. The van der Waals surface area contributed by atoms with Crippen molar-refractivity contribution in [2.75, 3.05) is 26.3 Å². The lowest BCUT2D eigenvalue weighted by Crippen LogP contribution is -2.46. The highest BCUT2D eigenvalue weighted by molar-refractivity contribution is 5.82. The zero-order valence-corrected chi connectivity index (χ0v) is 42.1. The van der Waals surface area contributed by atoms with Crippen LogP contribution in [0.25, 0.3) is 12.2 Å².